The quantitative estimate of drug-likeness (QED) is 0.846. The number of hydrogen-bond acceptors (Lipinski definition) is 5. The molecular weight excluding hydrogens is 320 g/mol. The lowest BCUT2D eigenvalue weighted by Crippen LogP contribution is -2.40. The van der Waals surface area contributed by atoms with E-state index < -0.39 is 0 Å². The number of aromatic amines is 1. The largest absolute Gasteiger partial charge is 0.350 e. The molecule has 2 aromatic heterocycles. The molecule has 1 aliphatic rings. The molecular formula is C17H24N6O2. The molecule has 1 fully saturated rings. The molecule has 2 heterocycles. The van der Waals surface area contributed by atoms with Crippen LogP contribution in [0.3, 0.4) is 0 Å². The van der Waals surface area contributed by atoms with E-state index in [9.17, 15) is 9.59 Å². The van der Waals surface area contributed by atoms with Crippen molar-refractivity contribution in [2.45, 2.75) is 58.0 Å². The number of amides is 1. The first-order valence-corrected chi connectivity index (χ1v) is 8.70. The third-order valence-corrected chi connectivity index (χ3v) is 5.32. The highest BCUT2D eigenvalue weighted by Gasteiger charge is 2.36. The van der Waals surface area contributed by atoms with E-state index in [0.29, 0.717) is 18.0 Å². The fraction of sp³-hybridized carbons (Fsp3) is 0.588. The topological polar surface area (TPSA) is 106 Å². The number of carbonyl (C=O) groups is 1. The van der Waals surface area contributed by atoms with Gasteiger partial charge >= 0.3 is 0 Å². The minimum absolute atomic E-state index is 0.0146. The first-order valence-electron chi connectivity index (χ1n) is 8.70. The summed E-state index contributed by atoms with van der Waals surface area (Å²) in [7, 11) is 0. The molecule has 8 nitrogen and oxygen atoms in total. The van der Waals surface area contributed by atoms with Gasteiger partial charge in [0.1, 0.15) is 5.69 Å². The van der Waals surface area contributed by atoms with Crippen molar-refractivity contribution in [3.05, 3.63) is 40.1 Å². The van der Waals surface area contributed by atoms with Crippen molar-refractivity contribution >= 4 is 5.91 Å². The van der Waals surface area contributed by atoms with E-state index >= 15 is 0 Å². The highest BCUT2D eigenvalue weighted by molar-refractivity contribution is 5.78. The molecule has 8 heteroatoms. The van der Waals surface area contributed by atoms with E-state index in [2.05, 4.69) is 39.7 Å². The molecule has 134 valence electrons. The van der Waals surface area contributed by atoms with Crippen molar-refractivity contribution in [2.24, 2.45) is 5.92 Å². The van der Waals surface area contributed by atoms with Crippen LogP contribution in [0.2, 0.25) is 0 Å². The number of nitrogens with zero attached hydrogens (tertiary/aromatic N) is 4. The van der Waals surface area contributed by atoms with Crippen LogP contribution in [0.1, 0.15) is 50.8 Å². The number of rotatable bonds is 5. The van der Waals surface area contributed by atoms with E-state index in [1.807, 2.05) is 10.9 Å². The standard InChI is InChI=1S/C17H24N6O2/c1-12-5-3-4-7-17(12,2)23-11-14(20-22-23)10-18-15(24)9-13-6-8-19-21-16(13)25/h6,8,11-12H,3-5,7,9-10H2,1-2H3,(H,18,24)(H,21,25). The van der Waals surface area contributed by atoms with Gasteiger partial charge in [0, 0.05) is 11.8 Å². The van der Waals surface area contributed by atoms with Crippen molar-refractivity contribution in [3.63, 3.8) is 0 Å². The van der Waals surface area contributed by atoms with E-state index in [0.717, 1.165) is 12.1 Å². The van der Waals surface area contributed by atoms with Crippen LogP contribution in [0.4, 0.5) is 0 Å². The van der Waals surface area contributed by atoms with Gasteiger partial charge in [0.25, 0.3) is 5.56 Å². The number of hydrogen-bond donors (Lipinski definition) is 2. The highest BCUT2D eigenvalue weighted by atomic mass is 16.2. The Bertz CT molecular complexity index is 798. The van der Waals surface area contributed by atoms with E-state index in [1.54, 1.807) is 6.07 Å². The van der Waals surface area contributed by atoms with Crippen LogP contribution in [-0.4, -0.2) is 31.1 Å². The van der Waals surface area contributed by atoms with Gasteiger partial charge in [-0.05, 0) is 31.7 Å². The second-order valence-corrected chi connectivity index (χ2v) is 7.02. The summed E-state index contributed by atoms with van der Waals surface area (Å²) >= 11 is 0. The Balaban J connectivity index is 1.59. The molecule has 0 bridgehead atoms. The minimum atomic E-state index is -0.345. The Morgan fingerprint density at radius 1 is 1.48 bits per heavy atom. The highest BCUT2D eigenvalue weighted by Crippen LogP contribution is 2.38. The Labute approximate surface area is 146 Å². The van der Waals surface area contributed by atoms with Gasteiger partial charge in [-0.2, -0.15) is 5.10 Å². The monoisotopic (exact) mass is 344 g/mol. The van der Waals surface area contributed by atoms with Crippen LogP contribution in [0.5, 0.6) is 0 Å². The summed E-state index contributed by atoms with van der Waals surface area (Å²) < 4.78 is 1.95. The minimum Gasteiger partial charge on any atom is -0.350 e. The van der Waals surface area contributed by atoms with E-state index in [-0.39, 0.29) is 23.4 Å². The van der Waals surface area contributed by atoms with Crippen LogP contribution in [0, 0.1) is 5.92 Å². The van der Waals surface area contributed by atoms with Crippen molar-refractivity contribution in [3.8, 4) is 0 Å². The molecule has 25 heavy (non-hydrogen) atoms. The fourth-order valence-electron chi connectivity index (χ4n) is 3.39. The predicted octanol–water partition coefficient (Wildman–Crippen LogP) is 1.15. The van der Waals surface area contributed by atoms with E-state index in [4.69, 9.17) is 0 Å². The maximum atomic E-state index is 12.0. The second-order valence-electron chi connectivity index (χ2n) is 7.02. The Kier molecular flexibility index (Phi) is 4.96. The Hall–Kier alpha value is -2.51. The first-order chi connectivity index (χ1) is 12.0. The lowest BCUT2D eigenvalue weighted by molar-refractivity contribution is -0.120. The normalized spacial score (nSPS) is 23.4. The average Bonchev–Trinajstić information content (AvgIpc) is 3.08. The van der Waals surface area contributed by atoms with Crippen LogP contribution >= 0.6 is 0 Å². The zero-order valence-electron chi connectivity index (χ0n) is 14.7. The second kappa shape index (κ2) is 7.16. The summed E-state index contributed by atoms with van der Waals surface area (Å²) in [5.74, 6) is 0.312. The van der Waals surface area contributed by atoms with Gasteiger partial charge in [0.05, 0.1) is 24.7 Å². The zero-order valence-corrected chi connectivity index (χ0v) is 14.7. The third-order valence-electron chi connectivity index (χ3n) is 5.32. The first kappa shape index (κ1) is 17.3. The molecule has 1 saturated carbocycles. The van der Waals surface area contributed by atoms with Gasteiger partial charge in [0.2, 0.25) is 5.91 Å². The summed E-state index contributed by atoms with van der Waals surface area (Å²) in [4.78, 5) is 23.6. The molecule has 2 unspecified atom stereocenters. The van der Waals surface area contributed by atoms with Gasteiger partial charge in [-0.3, -0.25) is 9.59 Å². The molecule has 0 saturated heterocycles. The van der Waals surface area contributed by atoms with Gasteiger partial charge < -0.3 is 5.32 Å². The van der Waals surface area contributed by atoms with Crippen LogP contribution in [-0.2, 0) is 23.3 Å². The van der Waals surface area contributed by atoms with Crippen molar-refractivity contribution in [1.29, 1.82) is 0 Å². The van der Waals surface area contributed by atoms with E-state index in [1.165, 1.54) is 25.5 Å². The number of nitrogens with one attached hydrogen (secondary N) is 2. The van der Waals surface area contributed by atoms with Crippen molar-refractivity contribution < 1.29 is 4.79 Å². The third kappa shape index (κ3) is 3.78. The lowest BCUT2D eigenvalue weighted by atomic mass is 9.75. The van der Waals surface area contributed by atoms with Gasteiger partial charge in [-0.25, -0.2) is 9.78 Å². The zero-order chi connectivity index (χ0) is 17.9. The molecule has 0 spiro atoms. The summed E-state index contributed by atoms with van der Waals surface area (Å²) in [5, 5.41) is 17.2. The lowest BCUT2D eigenvalue weighted by Gasteiger charge is -2.39. The SMILES string of the molecule is CC1CCCCC1(C)n1cc(CNC(=O)Cc2ccn[nH]c2=O)nn1. The molecule has 2 N–H and O–H groups in total. The summed E-state index contributed by atoms with van der Waals surface area (Å²) in [5.41, 5.74) is 0.746. The number of H-pyrrole nitrogens is 1. The fourth-order valence-corrected chi connectivity index (χ4v) is 3.39. The van der Waals surface area contributed by atoms with Crippen LogP contribution in [0.25, 0.3) is 0 Å². The number of aromatic nitrogens is 5. The average molecular weight is 344 g/mol. The predicted molar refractivity (Wildman–Crippen MR) is 91.7 cm³/mol. The summed E-state index contributed by atoms with van der Waals surface area (Å²) in [6.45, 7) is 4.78. The van der Waals surface area contributed by atoms with Crippen LogP contribution in [0.15, 0.2) is 23.3 Å². The molecule has 2 atom stereocenters. The Morgan fingerprint density at radius 3 is 3.08 bits per heavy atom. The maximum Gasteiger partial charge on any atom is 0.267 e. The molecule has 0 radical (unpaired) electrons. The van der Waals surface area contributed by atoms with Gasteiger partial charge in [-0.15, -0.1) is 5.10 Å². The number of carbonyl (C=O) groups excluding carboxylic acids is 1. The van der Waals surface area contributed by atoms with Gasteiger partial charge in [0.15, 0.2) is 0 Å². The van der Waals surface area contributed by atoms with Crippen molar-refractivity contribution in [1.82, 2.24) is 30.5 Å². The smallest absolute Gasteiger partial charge is 0.267 e. The molecule has 1 aliphatic carbocycles. The maximum absolute atomic E-state index is 12.0. The molecule has 3 rings (SSSR count). The van der Waals surface area contributed by atoms with Gasteiger partial charge in [-0.1, -0.05) is 25.0 Å². The Morgan fingerprint density at radius 2 is 2.32 bits per heavy atom. The molecule has 1 amide bonds. The summed E-state index contributed by atoms with van der Waals surface area (Å²) in [6.07, 6.45) is 8.15. The summed E-state index contributed by atoms with van der Waals surface area (Å²) in [6, 6.07) is 1.54. The molecule has 0 aliphatic heterocycles. The molecule has 0 aromatic carbocycles. The van der Waals surface area contributed by atoms with Crippen LogP contribution < -0.4 is 10.9 Å². The molecule has 2 aromatic rings. The van der Waals surface area contributed by atoms with Crippen molar-refractivity contribution in [2.75, 3.05) is 0 Å².